The number of aliphatic hydroxyl groups is 1. The maximum Gasteiger partial charge on any atom is 0.308 e. The van der Waals surface area contributed by atoms with E-state index in [0.717, 1.165) is 38.5 Å². The van der Waals surface area contributed by atoms with Crippen LogP contribution >= 0.6 is 0 Å². The van der Waals surface area contributed by atoms with Gasteiger partial charge in [-0.15, -0.1) is 0 Å². The molecule has 5 heteroatoms. The van der Waals surface area contributed by atoms with E-state index >= 15 is 0 Å². The Kier molecular flexibility index (Phi) is 7.59. The number of carbonyl (C=O) groups excluding carboxylic acids is 1. The summed E-state index contributed by atoms with van der Waals surface area (Å²) in [6, 6.07) is 6.10. The molecule has 0 aromatic heterocycles. The zero-order valence-electron chi connectivity index (χ0n) is 16.1. The second-order valence-corrected chi connectivity index (χ2v) is 8.12. The van der Waals surface area contributed by atoms with Crippen molar-refractivity contribution < 1.29 is 19.0 Å². The number of benzene rings is 1. The molecular weight excluding hydrogens is 333 g/mol. The van der Waals surface area contributed by atoms with E-state index in [2.05, 4.69) is 19.2 Å². The van der Waals surface area contributed by atoms with Crippen LogP contribution in [0.15, 0.2) is 24.3 Å². The van der Waals surface area contributed by atoms with E-state index in [-0.39, 0.29) is 23.2 Å². The number of aliphatic hydroxyl groups excluding tert-OH is 1. The highest BCUT2D eigenvalue weighted by Crippen LogP contribution is 2.33. The maximum absolute atomic E-state index is 13.3. The average Bonchev–Trinajstić information content (AvgIpc) is 2.64. The Morgan fingerprint density at radius 1 is 1.35 bits per heavy atom. The number of ether oxygens (including phenoxy) is 1. The predicted octanol–water partition coefficient (Wildman–Crippen LogP) is 3.99. The van der Waals surface area contributed by atoms with Gasteiger partial charge in [0.2, 0.25) is 0 Å². The summed E-state index contributed by atoms with van der Waals surface area (Å²) in [7, 11) is 1.46. The minimum absolute atomic E-state index is 0.0724. The standard InChI is InChI=1S/C21H32FNO3/c1-21(2,23-14-19(24)17-5-4-6-18(22)13-17)12-11-15-7-9-16(10-8-15)20(25)26-3/h4-6,13,15-16,19,23-24H,7-12,14H2,1-3H3. The third-order valence-electron chi connectivity index (χ3n) is 5.57. The molecule has 1 aromatic carbocycles. The molecule has 1 aromatic rings. The van der Waals surface area contributed by atoms with Gasteiger partial charge in [0.15, 0.2) is 0 Å². The molecule has 0 radical (unpaired) electrons. The molecule has 26 heavy (non-hydrogen) atoms. The predicted molar refractivity (Wildman–Crippen MR) is 100 cm³/mol. The van der Waals surface area contributed by atoms with Crippen molar-refractivity contribution in [2.75, 3.05) is 13.7 Å². The lowest BCUT2D eigenvalue weighted by atomic mass is 9.78. The van der Waals surface area contributed by atoms with Crippen LogP contribution in [0.4, 0.5) is 4.39 Å². The molecule has 0 aliphatic heterocycles. The van der Waals surface area contributed by atoms with Gasteiger partial charge in [-0.05, 0) is 76.0 Å². The zero-order valence-corrected chi connectivity index (χ0v) is 16.1. The Labute approximate surface area is 156 Å². The smallest absolute Gasteiger partial charge is 0.308 e. The molecule has 2 N–H and O–H groups in total. The summed E-state index contributed by atoms with van der Waals surface area (Å²) in [5.41, 5.74) is 0.488. The van der Waals surface area contributed by atoms with Gasteiger partial charge in [0, 0.05) is 12.1 Å². The molecule has 1 saturated carbocycles. The van der Waals surface area contributed by atoms with Crippen LogP contribution in [0.25, 0.3) is 0 Å². The molecule has 0 saturated heterocycles. The van der Waals surface area contributed by atoms with Crippen molar-refractivity contribution >= 4 is 5.97 Å². The largest absolute Gasteiger partial charge is 0.469 e. The molecule has 1 fully saturated rings. The molecule has 0 heterocycles. The van der Waals surface area contributed by atoms with Crippen LogP contribution in [0.1, 0.15) is 64.0 Å². The molecule has 2 rings (SSSR count). The second-order valence-electron chi connectivity index (χ2n) is 8.12. The summed E-state index contributed by atoms with van der Waals surface area (Å²) in [4.78, 5) is 11.6. The molecule has 1 aliphatic carbocycles. The number of hydrogen-bond acceptors (Lipinski definition) is 4. The quantitative estimate of drug-likeness (QED) is 0.684. The number of halogens is 1. The van der Waals surface area contributed by atoms with Crippen LogP contribution in [0, 0.1) is 17.7 Å². The lowest BCUT2D eigenvalue weighted by Crippen LogP contribution is -2.42. The highest BCUT2D eigenvalue weighted by atomic mass is 19.1. The van der Waals surface area contributed by atoms with Gasteiger partial charge in [0.05, 0.1) is 19.1 Å². The lowest BCUT2D eigenvalue weighted by Gasteiger charge is -2.32. The van der Waals surface area contributed by atoms with E-state index < -0.39 is 6.10 Å². The fraction of sp³-hybridized carbons (Fsp3) is 0.667. The van der Waals surface area contributed by atoms with Crippen LogP contribution in [0.5, 0.6) is 0 Å². The average molecular weight is 365 g/mol. The van der Waals surface area contributed by atoms with Crippen LogP contribution in [0.3, 0.4) is 0 Å². The number of methoxy groups -OCH3 is 1. The molecular formula is C21H32FNO3. The molecule has 4 nitrogen and oxygen atoms in total. The van der Waals surface area contributed by atoms with Gasteiger partial charge < -0.3 is 15.2 Å². The van der Waals surface area contributed by atoms with Crippen LogP contribution in [-0.2, 0) is 9.53 Å². The van der Waals surface area contributed by atoms with Gasteiger partial charge >= 0.3 is 5.97 Å². The molecule has 0 amide bonds. The van der Waals surface area contributed by atoms with Gasteiger partial charge in [-0.1, -0.05) is 12.1 Å². The summed E-state index contributed by atoms with van der Waals surface area (Å²) >= 11 is 0. The number of β-amino-alcohol motifs (C(OH)–C–C–N with tert-alkyl or cyclic N) is 1. The molecule has 1 atom stereocenters. The normalized spacial score (nSPS) is 22.0. The minimum Gasteiger partial charge on any atom is -0.469 e. The summed E-state index contributed by atoms with van der Waals surface area (Å²) in [5, 5.41) is 13.7. The number of rotatable bonds is 8. The Morgan fingerprint density at radius 2 is 2.04 bits per heavy atom. The van der Waals surface area contributed by atoms with E-state index in [9.17, 15) is 14.3 Å². The molecule has 0 bridgehead atoms. The summed E-state index contributed by atoms with van der Waals surface area (Å²) in [5.74, 6) is 0.314. The van der Waals surface area contributed by atoms with E-state index in [4.69, 9.17) is 4.74 Å². The third kappa shape index (κ3) is 6.36. The van der Waals surface area contributed by atoms with Crippen LogP contribution in [-0.4, -0.2) is 30.3 Å². The van der Waals surface area contributed by atoms with Gasteiger partial charge in [-0.2, -0.15) is 0 Å². The van der Waals surface area contributed by atoms with E-state index in [1.54, 1.807) is 12.1 Å². The maximum atomic E-state index is 13.3. The third-order valence-corrected chi connectivity index (χ3v) is 5.57. The van der Waals surface area contributed by atoms with Crippen molar-refractivity contribution in [1.29, 1.82) is 0 Å². The first kappa shape index (κ1) is 20.8. The first-order valence-electron chi connectivity index (χ1n) is 9.57. The SMILES string of the molecule is COC(=O)C1CCC(CCC(C)(C)NCC(O)c2cccc(F)c2)CC1. The van der Waals surface area contributed by atoms with E-state index in [1.165, 1.54) is 19.2 Å². The molecule has 0 spiro atoms. The van der Waals surface area contributed by atoms with Crippen molar-refractivity contribution in [1.82, 2.24) is 5.32 Å². The van der Waals surface area contributed by atoms with Gasteiger partial charge in [-0.25, -0.2) is 4.39 Å². The van der Waals surface area contributed by atoms with E-state index in [0.29, 0.717) is 18.0 Å². The Balaban J connectivity index is 1.72. The number of hydrogen-bond donors (Lipinski definition) is 2. The summed E-state index contributed by atoms with van der Waals surface area (Å²) in [6.45, 7) is 4.66. The Bertz CT molecular complexity index is 582. The summed E-state index contributed by atoms with van der Waals surface area (Å²) < 4.78 is 18.1. The van der Waals surface area contributed by atoms with Crippen molar-refractivity contribution in [3.8, 4) is 0 Å². The summed E-state index contributed by atoms with van der Waals surface area (Å²) in [6.07, 6.45) is 5.36. The highest BCUT2D eigenvalue weighted by molar-refractivity contribution is 5.72. The minimum atomic E-state index is -0.722. The van der Waals surface area contributed by atoms with Gasteiger partial charge in [-0.3, -0.25) is 4.79 Å². The van der Waals surface area contributed by atoms with Crippen LogP contribution < -0.4 is 5.32 Å². The van der Waals surface area contributed by atoms with Crippen molar-refractivity contribution in [2.24, 2.45) is 11.8 Å². The fourth-order valence-corrected chi connectivity index (χ4v) is 3.71. The topological polar surface area (TPSA) is 58.6 Å². The first-order valence-corrected chi connectivity index (χ1v) is 9.57. The number of esters is 1. The monoisotopic (exact) mass is 365 g/mol. The van der Waals surface area contributed by atoms with Crippen molar-refractivity contribution in [2.45, 2.75) is 64.0 Å². The zero-order chi connectivity index (χ0) is 19.2. The van der Waals surface area contributed by atoms with Gasteiger partial charge in [0.1, 0.15) is 5.82 Å². The van der Waals surface area contributed by atoms with E-state index in [1.807, 2.05) is 0 Å². The van der Waals surface area contributed by atoms with Gasteiger partial charge in [0.25, 0.3) is 0 Å². The van der Waals surface area contributed by atoms with Crippen LogP contribution in [0.2, 0.25) is 0 Å². The highest BCUT2D eigenvalue weighted by Gasteiger charge is 2.28. The lowest BCUT2D eigenvalue weighted by molar-refractivity contribution is -0.146. The van der Waals surface area contributed by atoms with Crippen molar-refractivity contribution in [3.63, 3.8) is 0 Å². The number of nitrogens with one attached hydrogen (secondary N) is 1. The Hall–Kier alpha value is -1.46. The van der Waals surface area contributed by atoms with Crippen molar-refractivity contribution in [3.05, 3.63) is 35.6 Å². The molecule has 146 valence electrons. The second kappa shape index (κ2) is 9.47. The number of carbonyl (C=O) groups is 1. The first-order chi connectivity index (χ1) is 12.3. The fourth-order valence-electron chi connectivity index (χ4n) is 3.71. The Morgan fingerprint density at radius 3 is 2.65 bits per heavy atom. The molecule has 1 unspecified atom stereocenters. The molecule has 1 aliphatic rings.